The Kier molecular flexibility index (Phi) is 5.28. The lowest BCUT2D eigenvalue weighted by molar-refractivity contribution is 0.429. The van der Waals surface area contributed by atoms with Crippen LogP contribution in [0.4, 0.5) is 11.6 Å². The number of nitrogens with zero attached hydrogens (tertiary/aromatic N) is 5. The van der Waals surface area contributed by atoms with Gasteiger partial charge in [-0.25, -0.2) is 4.98 Å². The zero-order valence-corrected chi connectivity index (χ0v) is 17.8. The quantitative estimate of drug-likeness (QED) is 0.274. The molecule has 2 aromatic heterocycles. The van der Waals surface area contributed by atoms with E-state index in [4.69, 9.17) is 0 Å². The molecule has 0 unspecified atom stereocenters. The van der Waals surface area contributed by atoms with Gasteiger partial charge in [0.1, 0.15) is 0 Å². The average Bonchev–Trinajstić information content (AvgIpc) is 3.11. The molecule has 0 saturated heterocycles. The van der Waals surface area contributed by atoms with Crippen LogP contribution in [-0.2, 0) is 13.1 Å². The minimum Gasteiger partial charge on any atom is -0.493 e. The van der Waals surface area contributed by atoms with Crippen molar-refractivity contribution in [2.75, 3.05) is 0 Å². The average molecular weight is 435 g/mol. The molecule has 162 valence electrons. The Morgan fingerprint density at radius 1 is 0.879 bits per heavy atom. The zero-order chi connectivity index (χ0) is 22.8. The van der Waals surface area contributed by atoms with Gasteiger partial charge in [-0.3, -0.25) is 9.36 Å². The van der Waals surface area contributed by atoms with Crippen LogP contribution in [0, 0.1) is 0 Å². The van der Waals surface area contributed by atoms with Crippen molar-refractivity contribution >= 4 is 33.4 Å². The summed E-state index contributed by atoms with van der Waals surface area (Å²) in [6.45, 7) is 4.46. The summed E-state index contributed by atoms with van der Waals surface area (Å²) in [5, 5.41) is 21.0. The zero-order valence-electron chi connectivity index (χ0n) is 17.8. The minimum absolute atomic E-state index is 0.00205. The van der Waals surface area contributed by atoms with Crippen molar-refractivity contribution in [3.8, 4) is 5.88 Å². The van der Waals surface area contributed by atoms with Crippen molar-refractivity contribution in [1.29, 1.82) is 0 Å². The molecule has 0 bridgehead atoms. The van der Waals surface area contributed by atoms with Gasteiger partial charge < -0.3 is 9.67 Å². The van der Waals surface area contributed by atoms with Gasteiger partial charge in [-0.05, 0) is 23.8 Å². The molecule has 5 rings (SSSR count). The van der Waals surface area contributed by atoms with E-state index in [2.05, 4.69) is 21.8 Å². The first-order chi connectivity index (χ1) is 16.2. The predicted molar refractivity (Wildman–Crippen MR) is 130 cm³/mol. The van der Waals surface area contributed by atoms with E-state index in [0.29, 0.717) is 23.1 Å². The van der Waals surface area contributed by atoms with Crippen molar-refractivity contribution in [3.63, 3.8) is 0 Å². The number of allylic oxidation sites excluding steroid dienone is 1. The molecule has 0 saturated carbocycles. The number of fused-ring (bicyclic) bond motifs is 2. The monoisotopic (exact) mass is 435 g/mol. The van der Waals surface area contributed by atoms with Crippen LogP contribution in [0.1, 0.15) is 5.56 Å². The van der Waals surface area contributed by atoms with Crippen molar-refractivity contribution in [3.05, 3.63) is 107 Å². The number of aromatic nitrogens is 3. The number of para-hydroxylation sites is 2. The summed E-state index contributed by atoms with van der Waals surface area (Å²) in [6, 6.07) is 24.6. The van der Waals surface area contributed by atoms with Gasteiger partial charge in [0, 0.05) is 11.9 Å². The van der Waals surface area contributed by atoms with Gasteiger partial charge in [0.05, 0.1) is 23.0 Å². The Bertz CT molecular complexity index is 1570. The van der Waals surface area contributed by atoms with Gasteiger partial charge in [0.2, 0.25) is 5.88 Å². The number of hydrogen-bond acceptors (Lipinski definition) is 5. The maximum atomic E-state index is 13.0. The van der Waals surface area contributed by atoms with Crippen LogP contribution < -0.4 is 5.56 Å². The summed E-state index contributed by atoms with van der Waals surface area (Å²) >= 11 is 0. The third-order valence-electron chi connectivity index (χ3n) is 5.49. The molecule has 5 aromatic rings. The lowest BCUT2D eigenvalue weighted by atomic mass is 10.2. The normalized spacial score (nSPS) is 11.5. The third-order valence-corrected chi connectivity index (χ3v) is 5.49. The van der Waals surface area contributed by atoms with E-state index in [1.54, 1.807) is 28.8 Å². The molecule has 7 nitrogen and oxygen atoms in total. The molecule has 0 radical (unpaired) electrons. The molecule has 0 amide bonds. The second-order valence-corrected chi connectivity index (χ2v) is 7.59. The Balaban J connectivity index is 1.64. The standard InChI is InChI=1S/C26H21N5O2/c1-2-16-30-24(32)19-12-6-8-14-21(19)27-26(30)29-28-23-20-13-7-9-15-22(20)31(25(23)33)17-18-10-4-3-5-11-18/h2-15,33H,1,16-17H2. The van der Waals surface area contributed by atoms with Crippen LogP contribution in [0.15, 0.2) is 107 Å². The first-order valence-corrected chi connectivity index (χ1v) is 10.5. The summed E-state index contributed by atoms with van der Waals surface area (Å²) in [7, 11) is 0. The summed E-state index contributed by atoms with van der Waals surface area (Å²) < 4.78 is 3.21. The van der Waals surface area contributed by atoms with E-state index in [1.165, 1.54) is 4.57 Å². The van der Waals surface area contributed by atoms with E-state index >= 15 is 0 Å². The minimum atomic E-state index is -0.217. The first-order valence-electron chi connectivity index (χ1n) is 10.5. The highest BCUT2D eigenvalue weighted by molar-refractivity contribution is 5.95. The fourth-order valence-corrected chi connectivity index (χ4v) is 3.92. The molecular weight excluding hydrogens is 414 g/mol. The number of azo groups is 1. The van der Waals surface area contributed by atoms with E-state index in [9.17, 15) is 9.90 Å². The van der Waals surface area contributed by atoms with Gasteiger partial charge >= 0.3 is 0 Å². The van der Waals surface area contributed by atoms with E-state index in [0.717, 1.165) is 16.5 Å². The van der Waals surface area contributed by atoms with Gasteiger partial charge in [-0.1, -0.05) is 66.7 Å². The van der Waals surface area contributed by atoms with Crippen molar-refractivity contribution in [2.24, 2.45) is 10.2 Å². The maximum absolute atomic E-state index is 13.0. The highest BCUT2D eigenvalue weighted by atomic mass is 16.3. The van der Waals surface area contributed by atoms with E-state index < -0.39 is 0 Å². The molecule has 7 heteroatoms. The Hall–Kier alpha value is -4.52. The van der Waals surface area contributed by atoms with Crippen LogP contribution >= 0.6 is 0 Å². The van der Waals surface area contributed by atoms with Gasteiger partial charge in [-0.15, -0.1) is 16.8 Å². The molecule has 2 heterocycles. The Morgan fingerprint density at radius 3 is 2.36 bits per heavy atom. The lowest BCUT2D eigenvalue weighted by Crippen LogP contribution is -2.20. The van der Waals surface area contributed by atoms with Gasteiger partial charge in [0.25, 0.3) is 11.5 Å². The molecular formula is C26H21N5O2. The SMILES string of the molecule is C=CCn1c(N=Nc2c(O)n(Cc3ccccc3)c3ccccc23)nc2ccccc2c1=O. The fourth-order valence-electron chi connectivity index (χ4n) is 3.92. The van der Waals surface area contributed by atoms with Crippen LogP contribution in [-0.4, -0.2) is 19.2 Å². The van der Waals surface area contributed by atoms with Crippen LogP contribution in [0.25, 0.3) is 21.8 Å². The lowest BCUT2D eigenvalue weighted by Gasteiger charge is -2.07. The summed E-state index contributed by atoms with van der Waals surface area (Å²) in [5.74, 6) is 0.153. The highest BCUT2D eigenvalue weighted by Gasteiger charge is 2.17. The number of aromatic hydroxyl groups is 1. The molecule has 0 aliphatic rings. The molecule has 0 spiro atoms. The summed E-state index contributed by atoms with van der Waals surface area (Å²) in [6.07, 6.45) is 1.61. The van der Waals surface area contributed by atoms with Crippen LogP contribution in [0.3, 0.4) is 0 Å². The smallest absolute Gasteiger partial charge is 0.263 e. The molecule has 0 fully saturated rings. The fraction of sp³-hybridized carbons (Fsp3) is 0.0769. The number of hydrogen-bond donors (Lipinski definition) is 1. The second-order valence-electron chi connectivity index (χ2n) is 7.59. The summed E-state index contributed by atoms with van der Waals surface area (Å²) in [5.41, 5.74) is 2.53. The number of rotatable bonds is 6. The first kappa shape index (κ1) is 20.4. The Morgan fingerprint density at radius 2 is 1.58 bits per heavy atom. The van der Waals surface area contributed by atoms with Crippen LogP contribution in [0.2, 0.25) is 0 Å². The van der Waals surface area contributed by atoms with Crippen LogP contribution in [0.5, 0.6) is 5.88 Å². The Labute approximate surface area is 189 Å². The number of benzene rings is 3. The van der Waals surface area contributed by atoms with Crippen molar-refractivity contribution in [1.82, 2.24) is 14.1 Å². The molecule has 3 aromatic carbocycles. The molecule has 1 N–H and O–H groups in total. The third kappa shape index (κ3) is 3.70. The molecule has 0 aliphatic heterocycles. The van der Waals surface area contributed by atoms with Gasteiger partial charge in [-0.2, -0.15) is 0 Å². The maximum Gasteiger partial charge on any atom is 0.263 e. The van der Waals surface area contributed by atoms with Gasteiger partial charge in [0.15, 0.2) is 5.69 Å². The molecule has 0 aliphatic carbocycles. The predicted octanol–water partition coefficient (Wildman–Crippen LogP) is 5.71. The highest BCUT2D eigenvalue weighted by Crippen LogP contribution is 2.39. The van der Waals surface area contributed by atoms with E-state index in [-0.39, 0.29) is 23.9 Å². The topological polar surface area (TPSA) is 84.8 Å². The van der Waals surface area contributed by atoms with E-state index in [1.807, 2.05) is 60.7 Å². The second kappa shape index (κ2) is 8.55. The van der Waals surface area contributed by atoms with Crippen molar-refractivity contribution < 1.29 is 5.11 Å². The van der Waals surface area contributed by atoms with Crippen molar-refractivity contribution in [2.45, 2.75) is 13.1 Å². The largest absolute Gasteiger partial charge is 0.493 e. The molecule has 33 heavy (non-hydrogen) atoms. The molecule has 0 atom stereocenters. The summed E-state index contributed by atoms with van der Waals surface area (Å²) in [4.78, 5) is 17.5.